The van der Waals surface area contributed by atoms with E-state index in [2.05, 4.69) is 5.43 Å². The molecular formula is C14H13ClF2N2. The second kappa shape index (κ2) is 6.10. The lowest BCUT2D eigenvalue weighted by Gasteiger charge is -2.18. The van der Waals surface area contributed by atoms with Crippen LogP contribution >= 0.6 is 11.6 Å². The van der Waals surface area contributed by atoms with E-state index >= 15 is 0 Å². The normalized spacial score (nSPS) is 12.4. The van der Waals surface area contributed by atoms with E-state index in [9.17, 15) is 8.78 Å². The largest absolute Gasteiger partial charge is 0.271 e. The highest BCUT2D eigenvalue weighted by Gasteiger charge is 2.16. The Labute approximate surface area is 115 Å². The summed E-state index contributed by atoms with van der Waals surface area (Å²) in [6, 6.07) is 10.3. The number of hydrazine groups is 1. The lowest BCUT2D eigenvalue weighted by atomic mass is 9.99. The van der Waals surface area contributed by atoms with Gasteiger partial charge in [0.2, 0.25) is 0 Å². The summed E-state index contributed by atoms with van der Waals surface area (Å²) in [6.45, 7) is 0. The molecule has 2 aromatic rings. The van der Waals surface area contributed by atoms with Gasteiger partial charge in [-0.3, -0.25) is 11.3 Å². The standard InChI is InChI=1S/C14H13ClF2N2/c15-14-11(5-2-6-12(14)17)13(19-18)8-9-3-1-4-10(16)7-9/h1-7,13,19H,8,18H2. The van der Waals surface area contributed by atoms with Crippen molar-refractivity contribution in [2.45, 2.75) is 12.5 Å². The SMILES string of the molecule is NNC(Cc1cccc(F)c1)c1cccc(F)c1Cl. The Balaban J connectivity index is 2.28. The van der Waals surface area contributed by atoms with Gasteiger partial charge in [-0.15, -0.1) is 0 Å². The van der Waals surface area contributed by atoms with Crippen LogP contribution in [0.3, 0.4) is 0 Å². The molecule has 0 aliphatic carbocycles. The summed E-state index contributed by atoms with van der Waals surface area (Å²) in [7, 11) is 0. The van der Waals surface area contributed by atoms with E-state index in [1.807, 2.05) is 0 Å². The van der Waals surface area contributed by atoms with E-state index in [0.29, 0.717) is 12.0 Å². The molecule has 2 rings (SSSR count). The molecule has 3 N–H and O–H groups in total. The van der Waals surface area contributed by atoms with Crippen LogP contribution in [0.1, 0.15) is 17.2 Å². The smallest absolute Gasteiger partial charge is 0.142 e. The van der Waals surface area contributed by atoms with Gasteiger partial charge >= 0.3 is 0 Å². The molecule has 1 unspecified atom stereocenters. The van der Waals surface area contributed by atoms with E-state index in [4.69, 9.17) is 17.4 Å². The number of nitrogens with two attached hydrogens (primary N) is 1. The number of rotatable bonds is 4. The molecule has 0 saturated carbocycles. The van der Waals surface area contributed by atoms with Crippen molar-refractivity contribution in [2.24, 2.45) is 5.84 Å². The van der Waals surface area contributed by atoms with Crippen LogP contribution in [0.15, 0.2) is 42.5 Å². The van der Waals surface area contributed by atoms with Gasteiger partial charge in [-0.05, 0) is 35.7 Å². The molecule has 100 valence electrons. The summed E-state index contributed by atoms with van der Waals surface area (Å²) in [5.74, 6) is 4.66. The van der Waals surface area contributed by atoms with Gasteiger partial charge in [-0.2, -0.15) is 0 Å². The lowest BCUT2D eigenvalue weighted by Crippen LogP contribution is -2.30. The van der Waals surface area contributed by atoms with Crippen molar-refractivity contribution in [3.63, 3.8) is 0 Å². The van der Waals surface area contributed by atoms with E-state index in [0.717, 1.165) is 5.56 Å². The molecule has 0 saturated heterocycles. The molecule has 0 aliphatic heterocycles. The third-order valence-electron chi connectivity index (χ3n) is 2.89. The van der Waals surface area contributed by atoms with E-state index in [1.165, 1.54) is 18.2 Å². The molecule has 0 spiro atoms. The molecule has 0 heterocycles. The van der Waals surface area contributed by atoms with Gasteiger partial charge in [0.15, 0.2) is 0 Å². The highest BCUT2D eigenvalue weighted by Crippen LogP contribution is 2.27. The zero-order valence-corrected chi connectivity index (χ0v) is 10.8. The molecule has 0 radical (unpaired) electrons. The monoisotopic (exact) mass is 282 g/mol. The fraction of sp³-hybridized carbons (Fsp3) is 0.143. The fourth-order valence-corrected chi connectivity index (χ4v) is 2.21. The summed E-state index contributed by atoms with van der Waals surface area (Å²) in [6.07, 6.45) is 0.414. The van der Waals surface area contributed by atoms with E-state index < -0.39 is 5.82 Å². The highest BCUT2D eigenvalue weighted by molar-refractivity contribution is 6.31. The highest BCUT2D eigenvalue weighted by atomic mass is 35.5. The van der Waals surface area contributed by atoms with Gasteiger partial charge in [-0.25, -0.2) is 8.78 Å². The third-order valence-corrected chi connectivity index (χ3v) is 3.29. The maximum atomic E-state index is 13.4. The Morgan fingerprint density at radius 2 is 1.89 bits per heavy atom. The van der Waals surface area contributed by atoms with Gasteiger partial charge in [0.1, 0.15) is 11.6 Å². The molecule has 0 bridgehead atoms. The van der Waals surface area contributed by atoms with Crippen LogP contribution in [0.4, 0.5) is 8.78 Å². The summed E-state index contributed by atoms with van der Waals surface area (Å²) in [4.78, 5) is 0. The van der Waals surface area contributed by atoms with Crippen molar-refractivity contribution in [2.75, 3.05) is 0 Å². The van der Waals surface area contributed by atoms with Gasteiger partial charge in [0, 0.05) is 0 Å². The molecule has 0 amide bonds. The fourth-order valence-electron chi connectivity index (χ4n) is 1.95. The van der Waals surface area contributed by atoms with Gasteiger partial charge in [0.25, 0.3) is 0 Å². The number of nitrogens with one attached hydrogen (secondary N) is 1. The maximum absolute atomic E-state index is 13.4. The molecule has 1 atom stereocenters. The van der Waals surface area contributed by atoms with Crippen molar-refractivity contribution >= 4 is 11.6 Å². The molecule has 2 nitrogen and oxygen atoms in total. The first kappa shape index (κ1) is 13.9. The number of benzene rings is 2. The molecule has 19 heavy (non-hydrogen) atoms. The molecule has 0 aromatic heterocycles. The third kappa shape index (κ3) is 3.29. The summed E-state index contributed by atoms with van der Waals surface area (Å²) >= 11 is 5.92. The molecule has 0 fully saturated rings. The topological polar surface area (TPSA) is 38.0 Å². The first-order chi connectivity index (χ1) is 9.11. The quantitative estimate of drug-likeness (QED) is 0.666. The average Bonchev–Trinajstić information content (AvgIpc) is 2.40. The Bertz CT molecular complexity index is 575. The van der Waals surface area contributed by atoms with E-state index in [-0.39, 0.29) is 16.9 Å². The number of hydrogen-bond donors (Lipinski definition) is 2. The first-order valence-electron chi connectivity index (χ1n) is 5.76. The minimum Gasteiger partial charge on any atom is -0.271 e. The Kier molecular flexibility index (Phi) is 4.47. The first-order valence-corrected chi connectivity index (χ1v) is 6.14. The second-order valence-corrected chi connectivity index (χ2v) is 4.57. The second-order valence-electron chi connectivity index (χ2n) is 4.20. The van der Waals surface area contributed by atoms with Crippen LogP contribution in [0.25, 0.3) is 0 Å². The van der Waals surface area contributed by atoms with Crippen molar-refractivity contribution in [3.05, 3.63) is 70.2 Å². The van der Waals surface area contributed by atoms with Crippen molar-refractivity contribution in [1.29, 1.82) is 0 Å². The lowest BCUT2D eigenvalue weighted by molar-refractivity contribution is 0.542. The van der Waals surface area contributed by atoms with Gasteiger partial charge in [-0.1, -0.05) is 35.9 Å². The summed E-state index contributed by atoms with van der Waals surface area (Å²) in [5.41, 5.74) is 3.88. The number of halogens is 3. The molecule has 2 aromatic carbocycles. The Morgan fingerprint density at radius 1 is 1.16 bits per heavy atom. The van der Waals surface area contributed by atoms with Crippen LogP contribution in [-0.4, -0.2) is 0 Å². The molecule has 0 aliphatic rings. The molecule has 5 heteroatoms. The summed E-state index contributed by atoms with van der Waals surface area (Å²) < 4.78 is 26.5. The van der Waals surface area contributed by atoms with Crippen LogP contribution in [0.2, 0.25) is 5.02 Å². The summed E-state index contributed by atoms with van der Waals surface area (Å²) in [5, 5.41) is 0.0295. The minimum absolute atomic E-state index is 0.0295. The van der Waals surface area contributed by atoms with E-state index in [1.54, 1.807) is 24.3 Å². The van der Waals surface area contributed by atoms with Crippen molar-refractivity contribution < 1.29 is 8.78 Å². The van der Waals surface area contributed by atoms with Crippen LogP contribution in [0, 0.1) is 11.6 Å². The van der Waals surface area contributed by atoms with Gasteiger partial charge in [0.05, 0.1) is 11.1 Å². The average molecular weight is 283 g/mol. The Morgan fingerprint density at radius 3 is 2.58 bits per heavy atom. The van der Waals surface area contributed by atoms with Crippen molar-refractivity contribution in [1.82, 2.24) is 5.43 Å². The Hall–Kier alpha value is -1.49. The maximum Gasteiger partial charge on any atom is 0.142 e. The predicted octanol–water partition coefficient (Wildman–Crippen LogP) is 3.37. The minimum atomic E-state index is -0.501. The van der Waals surface area contributed by atoms with Crippen LogP contribution in [0.5, 0.6) is 0 Å². The zero-order chi connectivity index (χ0) is 13.8. The zero-order valence-electron chi connectivity index (χ0n) is 10.0. The predicted molar refractivity (Wildman–Crippen MR) is 71.6 cm³/mol. The van der Waals surface area contributed by atoms with Crippen LogP contribution < -0.4 is 11.3 Å². The molecular weight excluding hydrogens is 270 g/mol. The van der Waals surface area contributed by atoms with Crippen molar-refractivity contribution in [3.8, 4) is 0 Å². The van der Waals surface area contributed by atoms with Crippen LogP contribution in [-0.2, 0) is 6.42 Å². The number of hydrogen-bond acceptors (Lipinski definition) is 2. The van der Waals surface area contributed by atoms with Gasteiger partial charge < -0.3 is 0 Å².